The second-order valence-corrected chi connectivity index (χ2v) is 8.42. The molecule has 0 fully saturated rings. The van der Waals surface area contributed by atoms with Gasteiger partial charge >= 0.3 is 0 Å². The van der Waals surface area contributed by atoms with Crippen LogP contribution in [0.15, 0.2) is 41.6 Å². The van der Waals surface area contributed by atoms with Gasteiger partial charge in [0.05, 0.1) is 33.6 Å². The minimum Gasteiger partial charge on any atom is -0.497 e. The van der Waals surface area contributed by atoms with Crippen LogP contribution in [0.2, 0.25) is 15.1 Å². The molecule has 158 valence electrons. The maximum absolute atomic E-state index is 12.4. The molecule has 0 saturated heterocycles. The SMILES string of the molecule is CCn1c(Cc2ccc(OC)cc2)nnc1SCC(=O)Nc1cc(Cl)c(Cl)cc1Cl. The van der Waals surface area contributed by atoms with E-state index in [2.05, 4.69) is 15.5 Å². The van der Waals surface area contributed by atoms with Crippen LogP contribution in [-0.2, 0) is 17.8 Å². The Hall–Kier alpha value is -1.93. The molecule has 0 aliphatic carbocycles. The molecule has 1 aromatic heterocycles. The molecule has 0 spiro atoms. The van der Waals surface area contributed by atoms with Crippen molar-refractivity contribution in [2.75, 3.05) is 18.2 Å². The standard InChI is InChI=1S/C20H19Cl3N4O2S/c1-3-27-18(8-12-4-6-13(29-2)7-5-12)25-26-20(27)30-11-19(28)24-17-10-15(22)14(21)9-16(17)23/h4-7,9-10H,3,8,11H2,1-2H3,(H,24,28). The third kappa shape index (κ3) is 5.60. The monoisotopic (exact) mass is 484 g/mol. The van der Waals surface area contributed by atoms with Gasteiger partial charge in [0, 0.05) is 13.0 Å². The Bertz CT molecular complexity index is 1040. The van der Waals surface area contributed by atoms with Crippen LogP contribution in [0, 0.1) is 0 Å². The zero-order valence-electron chi connectivity index (χ0n) is 16.3. The fourth-order valence-electron chi connectivity index (χ4n) is 2.73. The number of carbonyl (C=O) groups is 1. The summed E-state index contributed by atoms with van der Waals surface area (Å²) in [4.78, 5) is 12.4. The Balaban J connectivity index is 1.64. The molecule has 0 aliphatic rings. The van der Waals surface area contributed by atoms with Gasteiger partial charge in [0.1, 0.15) is 11.6 Å². The minimum absolute atomic E-state index is 0.150. The fourth-order valence-corrected chi connectivity index (χ4v) is 4.15. The second-order valence-electron chi connectivity index (χ2n) is 6.25. The number of aromatic nitrogens is 3. The summed E-state index contributed by atoms with van der Waals surface area (Å²) >= 11 is 19.3. The van der Waals surface area contributed by atoms with E-state index < -0.39 is 0 Å². The van der Waals surface area contributed by atoms with Crippen LogP contribution < -0.4 is 10.1 Å². The van der Waals surface area contributed by atoms with Crippen molar-refractivity contribution in [2.45, 2.75) is 25.0 Å². The molecule has 0 saturated carbocycles. The third-order valence-electron chi connectivity index (χ3n) is 4.25. The van der Waals surface area contributed by atoms with Crippen LogP contribution in [-0.4, -0.2) is 33.5 Å². The third-order valence-corrected chi connectivity index (χ3v) is 6.25. The van der Waals surface area contributed by atoms with Crippen molar-refractivity contribution in [1.29, 1.82) is 0 Å². The molecule has 30 heavy (non-hydrogen) atoms. The lowest BCUT2D eigenvalue weighted by Gasteiger charge is -2.10. The molecular weight excluding hydrogens is 467 g/mol. The Morgan fingerprint density at radius 1 is 1.10 bits per heavy atom. The second kappa shape index (κ2) is 10.4. The Kier molecular flexibility index (Phi) is 7.88. The van der Waals surface area contributed by atoms with Crippen molar-refractivity contribution in [3.63, 3.8) is 0 Å². The summed E-state index contributed by atoms with van der Waals surface area (Å²) in [7, 11) is 1.64. The lowest BCUT2D eigenvalue weighted by molar-refractivity contribution is -0.113. The fraction of sp³-hybridized carbons (Fsp3) is 0.250. The van der Waals surface area contributed by atoms with Crippen LogP contribution in [0.4, 0.5) is 5.69 Å². The van der Waals surface area contributed by atoms with Crippen molar-refractivity contribution < 1.29 is 9.53 Å². The molecule has 0 bridgehead atoms. The number of carbonyl (C=O) groups excluding carboxylic acids is 1. The summed E-state index contributed by atoms with van der Waals surface area (Å²) in [6, 6.07) is 10.8. The van der Waals surface area contributed by atoms with E-state index >= 15 is 0 Å². The first-order valence-corrected chi connectivity index (χ1v) is 11.2. The molecule has 0 unspecified atom stereocenters. The van der Waals surface area contributed by atoms with Gasteiger partial charge in [-0.2, -0.15) is 0 Å². The summed E-state index contributed by atoms with van der Waals surface area (Å²) in [5.41, 5.74) is 1.51. The van der Waals surface area contributed by atoms with Crippen molar-refractivity contribution in [3.05, 3.63) is 62.9 Å². The molecule has 6 nitrogen and oxygen atoms in total. The number of halogens is 3. The maximum Gasteiger partial charge on any atom is 0.234 e. The molecule has 1 amide bonds. The largest absolute Gasteiger partial charge is 0.497 e. The van der Waals surface area contributed by atoms with Gasteiger partial charge in [-0.15, -0.1) is 10.2 Å². The Morgan fingerprint density at radius 3 is 2.47 bits per heavy atom. The number of anilines is 1. The molecule has 1 heterocycles. The van der Waals surface area contributed by atoms with Crippen molar-refractivity contribution >= 4 is 58.2 Å². The number of nitrogens with one attached hydrogen (secondary N) is 1. The number of thioether (sulfide) groups is 1. The summed E-state index contributed by atoms with van der Waals surface area (Å²) < 4.78 is 7.18. The number of ether oxygens (including phenoxy) is 1. The molecule has 1 N–H and O–H groups in total. The zero-order chi connectivity index (χ0) is 21.7. The van der Waals surface area contributed by atoms with Crippen molar-refractivity contribution in [1.82, 2.24) is 14.8 Å². The molecule has 0 aliphatic heterocycles. The topological polar surface area (TPSA) is 69.0 Å². The summed E-state index contributed by atoms with van der Waals surface area (Å²) in [5, 5.41) is 12.9. The van der Waals surface area contributed by atoms with Gasteiger partial charge in [-0.25, -0.2) is 0 Å². The molecular formula is C20H19Cl3N4O2S. The van der Waals surface area contributed by atoms with Gasteiger partial charge in [-0.05, 0) is 36.8 Å². The molecule has 0 atom stereocenters. The first kappa shape index (κ1) is 22.7. The van der Waals surface area contributed by atoms with E-state index in [1.807, 2.05) is 35.8 Å². The number of hydrogen-bond donors (Lipinski definition) is 1. The normalized spacial score (nSPS) is 10.8. The van der Waals surface area contributed by atoms with Crippen LogP contribution in [0.5, 0.6) is 5.75 Å². The van der Waals surface area contributed by atoms with Crippen LogP contribution in [0.1, 0.15) is 18.3 Å². The number of amides is 1. The van der Waals surface area contributed by atoms with Gasteiger partial charge in [-0.1, -0.05) is 58.7 Å². The van der Waals surface area contributed by atoms with E-state index in [0.717, 1.165) is 17.1 Å². The average molecular weight is 486 g/mol. The molecule has 2 aromatic carbocycles. The van der Waals surface area contributed by atoms with E-state index in [-0.39, 0.29) is 11.7 Å². The highest BCUT2D eigenvalue weighted by atomic mass is 35.5. The molecule has 3 rings (SSSR count). The van der Waals surface area contributed by atoms with Gasteiger partial charge in [-0.3, -0.25) is 4.79 Å². The van der Waals surface area contributed by atoms with Gasteiger partial charge < -0.3 is 14.6 Å². The number of rotatable bonds is 8. The first-order chi connectivity index (χ1) is 14.4. The van der Waals surface area contributed by atoms with Crippen LogP contribution in [0.25, 0.3) is 0 Å². The predicted molar refractivity (Wildman–Crippen MR) is 122 cm³/mol. The van der Waals surface area contributed by atoms with E-state index in [1.54, 1.807) is 7.11 Å². The van der Waals surface area contributed by atoms with Crippen molar-refractivity contribution in [3.8, 4) is 5.75 Å². The summed E-state index contributed by atoms with van der Waals surface area (Å²) in [6.45, 7) is 2.71. The van der Waals surface area contributed by atoms with Crippen molar-refractivity contribution in [2.24, 2.45) is 0 Å². The quantitative estimate of drug-likeness (QED) is 0.333. The smallest absolute Gasteiger partial charge is 0.234 e. The minimum atomic E-state index is -0.234. The predicted octanol–water partition coefficient (Wildman–Crippen LogP) is 5.59. The number of benzene rings is 2. The van der Waals surface area contributed by atoms with E-state index in [4.69, 9.17) is 39.5 Å². The highest BCUT2D eigenvalue weighted by molar-refractivity contribution is 7.99. The highest BCUT2D eigenvalue weighted by Crippen LogP contribution is 2.32. The van der Waals surface area contributed by atoms with Crippen LogP contribution >= 0.6 is 46.6 Å². The van der Waals surface area contributed by atoms with Gasteiger partial charge in [0.25, 0.3) is 0 Å². The summed E-state index contributed by atoms with van der Waals surface area (Å²) in [5.74, 6) is 1.55. The zero-order valence-corrected chi connectivity index (χ0v) is 19.4. The van der Waals surface area contributed by atoms with E-state index in [0.29, 0.717) is 38.9 Å². The summed E-state index contributed by atoms with van der Waals surface area (Å²) in [6.07, 6.45) is 0.635. The van der Waals surface area contributed by atoms with E-state index in [9.17, 15) is 4.79 Å². The van der Waals surface area contributed by atoms with Gasteiger partial charge in [0.15, 0.2) is 5.16 Å². The number of nitrogens with zero attached hydrogens (tertiary/aromatic N) is 3. The Morgan fingerprint density at radius 2 is 1.80 bits per heavy atom. The Labute approximate surface area is 193 Å². The maximum atomic E-state index is 12.4. The van der Waals surface area contributed by atoms with E-state index in [1.165, 1.54) is 23.9 Å². The number of hydrogen-bond acceptors (Lipinski definition) is 5. The molecule has 10 heteroatoms. The van der Waals surface area contributed by atoms with Crippen LogP contribution in [0.3, 0.4) is 0 Å². The highest BCUT2D eigenvalue weighted by Gasteiger charge is 2.15. The molecule has 3 aromatic rings. The lowest BCUT2D eigenvalue weighted by atomic mass is 10.1. The average Bonchev–Trinajstić information content (AvgIpc) is 3.12. The lowest BCUT2D eigenvalue weighted by Crippen LogP contribution is -2.15. The number of methoxy groups -OCH3 is 1. The first-order valence-electron chi connectivity index (χ1n) is 9.03. The molecule has 0 radical (unpaired) electrons. The van der Waals surface area contributed by atoms with Gasteiger partial charge in [0.2, 0.25) is 5.91 Å².